The Labute approximate surface area is 250 Å². The molecule has 2 aliphatic heterocycles. The van der Waals surface area contributed by atoms with Crippen LogP contribution in [0.5, 0.6) is 0 Å². The third kappa shape index (κ3) is 5.20. The van der Waals surface area contributed by atoms with Crippen LogP contribution in [-0.2, 0) is 16.6 Å². The molecule has 0 bridgehead atoms. The lowest BCUT2D eigenvalue weighted by Gasteiger charge is -2.40. The molecule has 11 heteroatoms. The molecule has 2 aromatic carbocycles. The largest absolute Gasteiger partial charge is 0.423 e. The van der Waals surface area contributed by atoms with Crippen LogP contribution in [0.3, 0.4) is 0 Å². The first-order chi connectivity index (χ1) is 20.3. The second-order valence-corrected chi connectivity index (χ2v) is 11.7. The molecule has 4 aromatic rings. The van der Waals surface area contributed by atoms with Gasteiger partial charge in [-0.15, -0.1) is 10.2 Å². The van der Waals surface area contributed by atoms with E-state index >= 15 is 0 Å². The number of amides is 1. The number of nitrogens with zero attached hydrogens (tertiary/aromatic N) is 7. The quantitative estimate of drug-likeness (QED) is 0.308. The minimum Gasteiger partial charge on any atom is -0.423 e. The molecule has 10 nitrogen and oxygen atoms in total. The molecule has 1 N–H and O–H groups in total. The van der Waals surface area contributed by atoms with Crippen LogP contribution in [0.4, 0.5) is 23.1 Å². The fourth-order valence-electron chi connectivity index (χ4n) is 5.95. The number of piperazine rings is 1. The van der Waals surface area contributed by atoms with Crippen molar-refractivity contribution in [2.75, 3.05) is 47.8 Å². The van der Waals surface area contributed by atoms with Crippen molar-refractivity contribution in [1.82, 2.24) is 25.1 Å². The maximum absolute atomic E-state index is 14.0. The van der Waals surface area contributed by atoms with Crippen molar-refractivity contribution in [3.05, 3.63) is 71.2 Å². The van der Waals surface area contributed by atoms with Gasteiger partial charge in [-0.1, -0.05) is 17.7 Å². The molecule has 1 saturated heterocycles. The Balaban J connectivity index is 1.20. The second kappa shape index (κ2) is 11.3. The molecule has 0 aliphatic carbocycles. The number of hydrogen-bond acceptors (Lipinski definition) is 9. The lowest BCUT2D eigenvalue weighted by Crippen LogP contribution is -2.51. The summed E-state index contributed by atoms with van der Waals surface area (Å²) in [6.07, 6.45) is 3.50. The van der Waals surface area contributed by atoms with Crippen molar-refractivity contribution in [3.63, 3.8) is 0 Å². The first-order valence-corrected chi connectivity index (χ1v) is 14.7. The first-order valence-electron chi connectivity index (χ1n) is 14.4. The number of benzene rings is 2. The smallest absolute Gasteiger partial charge is 0.247 e. The van der Waals surface area contributed by atoms with E-state index in [0.29, 0.717) is 47.3 Å². The van der Waals surface area contributed by atoms with Gasteiger partial charge in [0.2, 0.25) is 24.1 Å². The SMILES string of the molecule is CCN1C(=O)C(C)(c2ccc(-c3nnco3)cc2Cl)Cc2cnc(Nc3ccc(N4CCN(C(C)C)CC4)cc3)nc21. The van der Waals surface area contributed by atoms with E-state index in [-0.39, 0.29) is 5.91 Å². The van der Waals surface area contributed by atoms with E-state index in [1.165, 1.54) is 12.1 Å². The Morgan fingerprint density at radius 1 is 1.10 bits per heavy atom. The van der Waals surface area contributed by atoms with Crippen LogP contribution in [0, 0.1) is 0 Å². The van der Waals surface area contributed by atoms with E-state index in [9.17, 15) is 4.79 Å². The van der Waals surface area contributed by atoms with Gasteiger partial charge in [-0.25, -0.2) is 4.98 Å². The monoisotopic (exact) mass is 586 g/mol. The minimum atomic E-state index is -0.887. The second-order valence-electron chi connectivity index (χ2n) is 11.3. The zero-order valence-corrected chi connectivity index (χ0v) is 25.1. The van der Waals surface area contributed by atoms with Gasteiger partial charge < -0.3 is 14.6 Å². The van der Waals surface area contributed by atoms with Gasteiger partial charge >= 0.3 is 0 Å². The van der Waals surface area contributed by atoms with Gasteiger partial charge in [-0.3, -0.25) is 14.6 Å². The number of carbonyl (C=O) groups is 1. The number of aromatic nitrogens is 4. The van der Waals surface area contributed by atoms with Crippen molar-refractivity contribution in [3.8, 4) is 11.5 Å². The van der Waals surface area contributed by atoms with Gasteiger partial charge in [0, 0.05) is 72.5 Å². The van der Waals surface area contributed by atoms with Crippen LogP contribution in [0.15, 0.2) is 59.5 Å². The number of anilines is 4. The summed E-state index contributed by atoms with van der Waals surface area (Å²) in [5.41, 5.74) is 3.53. The molecule has 0 spiro atoms. The average Bonchev–Trinajstić information content (AvgIpc) is 3.54. The van der Waals surface area contributed by atoms with Crippen molar-refractivity contribution in [1.29, 1.82) is 0 Å². The van der Waals surface area contributed by atoms with Gasteiger partial charge in [0.15, 0.2) is 0 Å². The number of likely N-dealkylation sites (N-methyl/N-ethyl adjacent to an activating group) is 1. The van der Waals surface area contributed by atoms with E-state index < -0.39 is 5.41 Å². The van der Waals surface area contributed by atoms with Crippen molar-refractivity contribution in [2.24, 2.45) is 0 Å². The normalized spacial score (nSPS) is 19.3. The minimum absolute atomic E-state index is 0.0588. The predicted octanol–water partition coefficient (Wildman–Crippen LogP) is 5.32. The molecule has 0 radical (unpaired) electrons. The maximum atomic E-state index is 14.0. The summed E-state index contributed by atoms with van der Waals surface area (Å²) in [5, 5.41) is 11.5. The molecule has 1 atom stereocenters. The van der Waals surface area contributed by atoms with Gasteiger partial charge in [-0.2, -0.15) is 4.98 Å². The summed E-state index contributed by atoms with van der Waals surface area (Å²) in [6, 6.07) is 14.4. The van der Waals surface area contributed by atoms with Crippen molar-refractivity contribution < 1.29 is 9.21 Å². The van der Waals surface area contributed by atoms with Crippen molar-refractivity contribution >= 4 is 40.6 Å². The highest BCUT2D eigenvalue weighted by molar-refractivity contribution is 6.32. The Bertz CT molecular complexity index is 1570. The fourth-order valence-corrected chi connectivity index (χ4v) is 6.34. The first kappa shape index (κ1) is 28.1. The average molecular weight is 587 g/mol. The molecular weight excluding hydrogens is 552 g/mol. The Morgan fingerprint density at radius 2 is 1.86 bits per heavy atom. The van der Waals surface area contributed by atoms with Gasteiger partial charge in [-0.05, 0) is 76.1 Å². The molecule has 6 rings (SSSR count). The van der Waals surface area contributed by atoms with E-state index in [4.69, 9.17) is 21.0 Å². The highest BCUT2D eigenvalue weighted by Crippen LogP contribution is 2.42. The summed E-state index contributed by atoms with van der Waals surface area (Å²) in [5.74, 6) is 1.38. The topological polar surface area (TPSA) is 104 Å². The maximum Gasteiger partial charge on any atom is 0.247 e. The molecule has 2 aliphatic rings. The van der Waals surface area contributed by atoms with E-state index in [1.54, 1.807) is 17.2 Å². The van der Waals surface area contributed by atoms with Crippen LogP contribution in [0.2, 0.25) is 5.02 Å². The van der Waals surface area contributed by atoms with Gasteiger partial charge in [0.05, 0.1) is 5.41 Å². The summed E-state index contributed by atoms with van der Waals surface area (Å²) in [6.45, 7) is 13.0. The molecule has 0 saturated carbocycles. The molecule has 2 aromatic heterocycles. The molecule has 218 valence electrons. The Morgan fingerprint density at radius 3 is 2.50 bits per heavy atom. The van der Waals surface area contributed by atoms with Gasteiger partial charge in [0.25, 0.3) is 0 Å². The molecule has 42 heavy (non-hydrogen) atoms. The lowest BCUT2D eigenvalue weighted by molar-refractivity contribution is -0.124. The fraction of sp³-hybridized carbons (Fsp3) is 0.387. The summed E-state index contributed by atoms with van der Waals surface area (Å²) in [4.78, 5) is 30.0. The standard InChI is InChI=1S/C31H35ClN8O2/c1-5-40-27-22(17-31(4,29(40)41)25-11-6-21(16-26(25)32)28-37-34-19-42-28)18-33-30(36-27)35-23-7-9-24(10-8-23)39-14-12-38(13-15-39)20(2)3/h6-11,16,18-20H,5,12-15,17H2,1-4H3,(H,33,35,36). The zero-order chi connectivity index (χ0) is 29.4. The van der Waals surface area contributed by atoms with Crippen molar-refractivity contribution in [2.45, 2.75) is 45.6 Å². The number of halogens is 1. The lowest BCUT2D eigenvalue weighted by atomic mass is 9.74. The Kier molecular flexibility index (Phi) is 7.59. The zero-order valence-electron chi connectivity index (χ0n) is 24.3. The van der Waals surface area contributed by atoms with Gasteiger partial charge in [0.1, 0.15) is 5.82 Å². The third-order valence-corrected chi connectivity index (χ3v) is 8.69. The predicted molar refractivity (Wildman–Crippen MR) is 165 cm³/mol. The molecule has 1 unspecified atom stereocenters. The summed E-state index contributed by atoms with van der Waals surface area (Å²) in [7, 11) is 0. The third-order valence-electron chi connectivity index (χ3n) is 8.38. The van der Waals surface area contributed by atoms with Crippen LogP contribution in [-0.4, -0.2) is 69.7 Å². The number of hydrogen-bond donors (Lipinski definition) is 1. The van der Waals surface area contributed by atoms with E-state index in [1.807, 2.05) is 38.1 Å². The van der Waals surface area contributed by atoms with Crippen LogP contribution in [0.1, 0.15) is 38.8 Å². The number of fused-ring (bicyclic) bond motifs is 1. The highest BCUT2D eigenvalue weighted by atomic mass is 35.5. The summed E-state index contributed by atoms with van der Waals surface area (Å²) < 4.78 is 5.30. The number of carbonyl (C=O) groups excluding carboxylic acids is 1. The molecule has 1 fully saturated rings. The molecular formula is C31H35ClN8O2. The van der Waals surface area contributed by atoms with Crippen LogP contribution >= 0.6 is 11.6 Å². The highest BCUT2D eigenvalue weighted by Gasteiger charge is 2.45. The number of nitrogens with one attached hydrogen (secondary N) is 1. The Hall–Kier alpha value is -4.02. The van der Waals surface area contributed by atoms with Crippen LogP contribution < -0.4 is 15.1 Å². The van der Waals surface area contributed by atoms with Crippen LogP contribution in [0.25, 0.3) is 11.5 Å². The molecule has 4 heterocycles. The van der Waals surface area contributed by atoms with E-state index in [0.717, 1.165) is 43.0 Å². The number of rotatable bonds is 7. The summed E-state index contributed by atoms with van der Waals surface area (Å²) >= 11 is 6.74. The van der Waals surface area contributed by atoms with E-state index in [2.05, 4.69) is 56.3 Å². The molecule has 1 amide bonds.